The number of halogens is 3. The van der Waals surface area contributed by atoms with Gasteiger partial charge in [0, 0.05) is 24.6 Å². The average molecular weight is 448 g/mol. The molecule has 4 heterocycles. The van der Waals surface area contributed by atoms with Crippen molar-refractivity contribution in [2.45, 2.75) is 50.6 Å². The molecule has 7 nitrogen and oxygen atoms in total. The van der Waals surface area contributed by atoms with Gasteiger partial charge >= 0.3 is 0 Å². The zero-order chi connectivity index (χ0) is 22.7. The highest BCUT2D eigenvalue weighted by molar-refractivity contribution is 5.62. The van der Waals surface area contributed by atoms with Crippen LogP contribution in [0.3, 0.4) is 0 Å². The summed E-state index contributed by atoms with van der Waals surface area (Å²) >= 11 is 0. The van der Waals surface area contributed by atoms with E-state index in [1.807, 2.05) is 0 Å². The number of methoxy groups -OCH3 is 1. The molecule has 1 aliphatic heterocycles. The second-order valence-electron chi connectivity index (χ2n) is 8.12. The predicted octanol–water partition coefficient (Wildman–Crippen LogP) is 4.03. The van der Waals surface area contributed by atoms with Crippen LogP contribution in [0, 0.1) is 11.6 Å². The molecule has 32 heavy (non-hydrogen) atoms. The third-order valence-electron chi connectivity index (χ3n) is 5.90. The van der Waals surface area contributed by atoms with E-state index in [-0.39, 0.29) is 17.4 Å². The van der Waals surface area contributed by atoms with Gasteiger partial charge in [-0.05, 0) is 25.8 Å². The molecule has 2 fully saturated rings. The first-order chi connectivity index (χ1) is 15.5. The van der Waals surface area contributed by atoms with Crippen LogP contribution in [0.1, 0.15) is 50.1 Å². The van der Waals surface area contributed by atoms with Crippen molar-refractivity contribution < 1.29 is 17.9 Å². The van der Waals surface area contributed by atoms with E-state index in [1.54, 1.807) is 13.2 Å². The molecule has 0 radical (unpaired) electrons. The minimum absolute atomic E-state index is 0.0799. The van der Waals surface area contributed by atoms with Crippen molar-refractivity contribution in [3.05, 3.63) is 35.7 Å². The zero-order valence-corrected chi connectivity index (χ0v) is 18.0. The Bertz CT molecular complexity index is 1080. The van der Waals surface area contributed by atoms with E-state index in [0.717, 1.165) is 44.0 Å². The predicted molar refractivity (Wildman–Crippen MR) is 115 cm³/mol. The van der Waals surface area contributed by atoms with Gasteiger partial charge in [-0.1, -0.05) is 19.3 Å². The van der Waals surface area contributed by atoms with Crippen molar-refractivity contribution in [3.8, 4) is 17.1 Å². The fourth-order valence-electron chi connectivity index (χ4n) is 4.18. The SMILES string of the molecule is COc1cc2ncc(-c3nc(N)c(F)cc3F)n2nc1C1CCCCC1.FC1CCNC1. The lowest BCUT2D eigenvalue weighted by atomic mass is 9.86. The average Bonchev–Trinajstić information content (AvgIpc) is 3.45. The van der Waals surface area contributed by atoms with Crippen molar-refractivity contribution in [2.24, 2.45) is 0 Å². The number of aromatic nitrogens is 4. The van der Waals surface area contributed by atoms with E-state index in [2.05, 4.69) is 20.4 Å². The maximum atomic E-state index is 14.3. The van der Waals surface area contributed by atoms with E-state index in [9.17, 15) is 13.2 Å². The summed E-state index contributed by atoms with van der Waals surface area (Å²) in [5.74, 6) is -1.10. The van der Waals surface area contributed by atoms with Crippen LogP contribution in [0.25, 0.3) is 17.0 Å². The molecule has 1 saturated heterocycles. The lowest BCUT2D eigenvalue weighted by Crippen LogP contribution is -2.11. The number of nitrogens with one attached hydrogen (secondary N) is 1. The van der Waals surface area contributed by atoms with Crippen LogP contribution in [0.2, 0.25) is 0 Å². The molecule has 0 spiro atoms. The number of pyridine rings is 1. The molecular weight excluding hydrogens is 421 g/mol. The molecular formula is C22H27F3N6O. The molecule has 0 bridgehead atoms. The number of nitrogen functional groups attached to an aromatic ring is 1. The number of hydrogen-bond donors (Lipinski definition) is 2. The van der Waals surface area contributed by atoms with Crippen LogP contribution in [0.5, 0.6) is 5.75 Å². The molecule has 0 amide bonds. The number of nitrogens with two attached hydrogens (primary N) is 1. The van der Waals surface area contributed by atoms with Gasteiger partial charge in [0.05, 0.1) is 13.3 Å². The van der Waals surface area contributed by atoms with Crippen molar-refractivity contribution >= 4 is 11.5 Å². The number of alkyl halides is 1. The van der Waals surface area contributed by atoms with Gasteiger partial charge in [-0.2, -0.15) is 5.10 Å². The summed E-state index contributed by atoms with van der Waals surface area (Å²) in [5, 5.41) is 7.58. The first kappa shape index (κ1) is 22.3. The molecule has 1 saturated carbocycles. The van der Waals surface area contributed by atoms with Crippen molar-refractivity contribution in [3.63, 3.8) is 0 Å². The summed E-state index contributed by atoms with van der Waals surface area (Å²) in [7, 11) is 1.60. The summed E-state index contributed by atoms with van der Waals surface area (Å²) < 4.78 is 46.6. The number of nitrogens with zero attached hydrogens (tertiary/aromatic N) is 4. The van der Waals surface area contributed by atoms with Gasteiger partial charge < -0.3 is 15.8 Å². The summed E-state index contributed by atoms with van der Waals surface area (Å²) in [5.41, 5.74) is 7.08. The van der Waals surface area contributed by atoms with Gasteiger partial charge in [0.1, 0.15) is 29.0 Å². The number of imidazole rings is 1. The van der Waals surface area contributed by atoms with Gasteiger partial charge in [-0.3, -0.25) is 0 Å². The Morgan fingerprint density at radius 3 is 2.53 bits per heavy atom. The molecule has 0 aromatic carbocycles. The van der Waals surface area contributed by atoms with Crippen molar-refractivity contribution in [1.82, 2.24) is 24.9 Å². The fourth-order valence-corrected chi connectivity index (χ4v) is 4.18. The number of hydrogen-bond acceptors (Lipinski definition) is 6. The smallest absolute Gasteiger partial charge is 0.168 e. The molecule has 1 aliphatic carbocycles. The van der Waals surface area contributed by atoms with E-state index < -0.39 is 17.8 Å². The van der Waals surface area contributed by atoms with Gasteiger partial charge in [0.2, 0.25) is 0 Å². The maximum Gasteiger partial charge on any atom is 0.168 e. The van der Waals surface area contributed by atoms with Crippen molar-refractivity contribution in [2.75, 3.05) is 25.9 Å². The highest BCUT2D eigenvalue weighted by atomic mass is 19.1. The van der Waals surface area contributed by atoms with Crippen LogP contribution in [0.4, 0.5) is 19.0 Å². The highest BCUT2D eigenvalue weighted by Crippen LogP contribution is 2.37. The normalized spacial score (nSPS) is 19.1. The van der Waals surface area contributed by atoms with E-state index in [4.69, 9.17) is 10.5 Å². The van der Waals surface area contributed by atoms with Gasteiger partial charge in [-0.15, -0.1) is 0 Å². The highest BCUT2D eigenvalue weighted by Gasteiger charge is 2.24. The van der Waals surface area contributed by atoms with Crippen LogP contribution in [0.15, 0.2) is 18.3 Å². The molecule has 5 rings (SSSR count). The van der Waals surface area contributed by atoms with Crippen LogP contribution < -0.4 is 15.8 Å². The number of fused-ring (bicyclic) bond motifs is 1. The molecule has 2 aliphatic rings. The lowest BCUT2D eigenvalue weighted by molar-refractivity contribution is 0.361. The molecule has 3 N–H and O–H groups in total. The van der Waals surface area contributed by atoms with E-state index >= 15 is 0 Å². The number of anilines is 1. The van der Waals surface area contributed by atoms with Gasteiger partial charge in [0.15, 0.2) is 23.1 Å². The maximum absolute atomic E-state index is 14.3. The molecule has 10 heteroatoms. The quantitative estimate of drug-likeness (QED) is 0.629. The number of rotatable bonds is 3. The van der Waals surface area contributed by atoms with Gasteiger partial charge in [-0.25, -0.2) is 27.7 Å². The van der Waals surface area contributed by atoms with Crippen LogP contribution in [-0.4, -0.2) is 46.0 Å². The van der Waals surface area contributed by atoms with E-state index in [0.29, 0.717) is 30.1 Å². The second kappa shape index (κ2) is 9.72. The minimum Gasteiger partial charge on any atom is -0.495 e. The molecule has 1 atom stereocenters. The Morgan fingerprint density at radius 1 is 1.12 bits per heavy atom. The zero-order valence-electron chi connectivity index (χ0n) is 18.0. The Morgan fingerprint density at radius 2 is 1.91 bits per heavy atom. The molecule has 3 aromatic rings. The summed E-state index contributed by atoms with van der Waals surface area (Å²) in [6.07, 6.45) is 7.19. The Balaban J connectivity index is 0.000000354. The standard InChI is InChI=1S/C18H19F2N5O.C4H8FN/c1-26-14-8-15-22-9-13(17-11(19)7-12(20)18(21)23-17)25(15)24-16(14)10-5-3-2-4-6-10;5-4-1-2-6-3-4/h7-10H,2-6H2,1H3,(H2,21,23);4,6H,1-3H2. The molecule has 172 valence electrons. The minimum atomic E-state index is -0.891. The topological polar surface area (TPSA) is 90.4 Å². The summed E-state index contributed by atoms with van der Waals surface area (Å²) in [6, 6.07) is 2.51. The Hall–Kier alpha value is -2.88. The van der Waals surface area contributed by atoms with Gasteiger partial charge in [0.25, 0.3) is 0 Å². The fraction of sp³-hybridized carbons (Fsp3) is 0.500. The molecule has 1 unspecified atom stereocenters. The largest absolute Gasteiger partial charge is 0.495 e. The Labute approximate surface area is 184 Å². The third kappa shape index (κ3) is 4.64. The van der Waals surface area contributed by atoms with E-state index in [1.165, 1.54) is 17.1 Å². The summed E-state index contributed by atoms with van der Waals surface area (Å²) in [4.78, 5) is 8.11. The lowest BCUT2D eigenvalue weighted by Gasteiger charge is -2.22. The first-order valence-corrected chi connectivity index (χ1v) is 10.9. The van der Waals surface area contributed by atoms with Crippen LogP contribution >= 0.6 is 0 Å². The monoisotopic (exact) mass is 448 g/mol. The molecule has 3 aromatic heterocycles. The third-order valence-corrected chi connectivity index (χ3v) is 5.90. The van der Waals surface area contributed by atoms with Crippen molar-refractivity contribution in [1.29, 1.82) is 0 Å². The Kier molecular flexibility index (Phi) is 6.78. The van der Waals surface area contributed by atoms with Crippen LogP contribution in [-0.2, 0) is 0 Å². The second-order valence-corrected chi connectivity index (χ2v) is 8.12. The number of ether oxygens (including phenoxy) is 1. The summed E-state index contributed by atoms with van der Waals surface area (Å²) in [6.45, 7) is 1.43. The first-order valence-electron chi connectivity index (χ1n) is 10.9.